The minimum Gasteiger partial charge on any atom is -0.326 e. The summed E-state index contributed by atoms with van der Waals surface area (Å²) < 4.78 is 0. The first-order chi connectivity index (χ1) is 17.7. The number of alkyl halides is 2. The molecule has 8 heteroatoms. The monoisotopic (exact) mass is 532 g/mol. The third-order valence-electron chi connectivity index (χ3n) is 7.81. The minimum absolute atomic E-state index is 0.0715. The van der Waals surface area contributed by atoms with Crippen LogP contribution in [0, 0.1) is 11.8 Å². The van der Waals surface area contributed by atoms with Crippen molar-refractivity contribution < 1.29 is 19.2 Å². The molecule has 2 atom stereocenters. The van der Waals surface area contributed by atoms with Gasteiger partial charge in [0.15, 0.2) is 5.78 Å². The Balaban J connectivity index is 1.29. The summed E-state index contributed by atoms with van der Waals surface area (Å²) in [5.74, 6) is -3.04. The number of hydrogen-bond acceptors (Lipinski definition) is 4. The Hall–Kier alpha value is -3.48. The Morgan fingerprint density at radius 2 is 1.22 bits per heavy atom. The lowest BCUT2D eigenvalue weighted by atomic mass is 9.54. The van der Waals surface area contributed by atoms with Gasteiger partial charge in [-0.15, -0.1) is 23.2 Å². The molecule has 3 aromatic rings. The fraction of sp³-hybridized carbons (Fsp3) is 0.241. The zero-order chi connectivity index (χ0) is 26.1. The fourth-order valence-electron chi connectivity index (χ4n) is 6.17. The van der Waals surface area contributed by atoms with Crippen molar-refractivity contribution in [2.45, 2.75) is 23.1 Å². The molecule has 1 heterocycles. The van der Waals surface area contributed by atoms with Crippen molar-refractivity contribution in [3.05, 3.63) is 101 Å². The number of ketones is 1. The van der Waals surface area contributed by atoms with Gasteiger partial charge in [-0.3, -0.25) is 24.1 Å². The van der Waals surface area contributed by atoms with Crippen molar-refractivity contribution in [3.8, 4) is 0 Å². The number of rotatable bonds is 5. The van der Waals surface area contributed by atoms with Crippen LogP contribution < -0.4 is 5.32 Å². The standard InChI is InChI=1S/C29H22Cl2N2O4/c1-16(34)17-10-12-18(13-11-17)32-23(35)14-15-33-26(36)24-25(27(33)37)29(31)20-7-3-2-6-19(20)28(24,30)21-8-4-5-9-22(21)29/h2-13,24-25H,14-15H2,1H3,(H,32,35)/t24-,25-,28?,29?/m1/s1. The number of nitrogens with one attached hydrogen (secondary N) is 1. The molecule has 37 heavy (non-hydrogen) atoms. The summed E-state index contributed by atoms with van der Waals surface area (Å²) in [6.45, 7) is 1.38. The Bertz CT molecular complexity index is 1380. The second kappa shape index (κ2) is 8.27. The number of likely N-dealkylation sites (tertiary alicyclic amines) is 1. The van der Waals surface area contributed by atoms with Crippen LogP contribution in [-0.4, -0.2) is 34.9 Å². The molecule has 1 saturated heterocycles. The molecular formula is C29H22Cl2N2O4. The lowest BCUT2D eigenvalue weighted by molar-refractivity contribution is -0.140. The molecule has 3 amide bonds. The highest BCUT2D eigenvalue weighted by Crippen LogP contribution is 2.69. The van der Waals surface area contributed by atoms with Crippen LogP contribution in [0.3, 0.4) is 0 Å². The summed E-state index contributed by atoms with van der Waals surface area (Å²) in [6.07, 6.45) is -0.0875. The number of carbonyl (C=O) groups excluding carboxylic acids is 4. The lowest BCUT2D eigenvalue weighted by Gasteiger charge is -2.54. The van der Waals surface area contributed by atoms with Gasteiger partial charge < -0.3 is 5.32 Å². The van der Waals surface area contributed by atoms with E-state index in [9.17, 15) is 19.2 Å². The topological polar surface area (TPSA) is 83.6 Å². The van der Waals surface area contributed by atoms with Crippen LogP contribution in [0.1, 0.15) is 46.0 Å². The molecule has 1 fully saturated rings. The van der Waals surface area contributed by atoms with E-state index in [1.807, 2.05) is 48.5 Å². The molecule has 3 aliphatic carbocycles. The molecular weight excluding hydrogens is 511 g/mol. The summed E-state index contributed by atoms with van der Waals surface area (Å²) in [5, 5.41) is 2.75. The molecule has 1 aliphatic heterocycles. The van der Waals surface area contributed by atoms with Gasteiger partial charge in [0.1, 0.15) is 9.75 Å². The summed E-state index contributed by atoms with van der Waals surface area (Å²) in [5.41, 5.74) is 4.01. The van der Waals surface area contributed by atoms with Crippen molar-refractivity contribution >= 4 is 52.4 Å². The summed E-state index contributed by atoms with van der Waals surface area (Å²) >= 11 is 14.8. The van der Waals surface area contributed by atoms with Crippen molar-refractivity contribution in [3.63, 3.8) is 0 Å². The van der Waals surface area contributed by atoms with E-state index in [0.717, 1.165) is 27.2 Å². The van der Waals surface area contributed by atoms with Gasteiger partial charge in [0.25, 0.3) is 0 Å². The molecule has 0 radical (unpaired) electrons. The second-order valence-corrected chi connectivity index (χ2v) is 10.9. The molecule has 0 saturated carbocycles. The molecule has 6 nitrogen and oxygen atoms in total. The Kier molecular flexibility index (Phi) is 5.34. The zero-order valence-electron chi connectivity index (χ0n) is 19.8. The maximum Gasteiger partial charge on any atom is 0.235 e. The molecule has 1 N–H and O–H groups in total. The van der Waals surface area contributed by atoms with Gasteiger partial charge >= 0.3 is 0 Å². The van der Waals surface area contributed by atoms with Gasteiger partial charge in [-0.05, 0) is 53.4 Å². The van der Waals surface area contributed by atoms with Crippen molar-refractivity contribution in [1.29, 1.82) is 0 Å². The molecule has 0 unspecified atom stereocenters. The number of amides is 3. The van der Waals surface area contributed by atoms with Crippen LogP contribution >= 0.6 is 23.2 Å². The molecule has 186 valence electrons. The highest BCUT2D eigenvalue weighted by molar-refractivity contribution is 6.36. The molecule has 7 rings (SSSR count). The third kappa shape index (κ3) is 3.19. The predicted molar refractivity (Wildman–Crippen MR) is 140 cm³/mol. The van der Waals surface area contributed by atoms with E-state index >= 15 is 0 Å². The highest BCUT2D eigenvalue weighted by Gasteiger charge is 2.72. The number of benzene rings is 3. The molecule has 0 spiro atoms. The molecule has 0 aromatic heterocycles. The number of imide groups is 1. The first-order valence-electron chi connectivity index (χ1n) is 12.0. The molecule has 2 bridgehead atoms. The summed E-state index contributed by atoms with van der Waals surface area (Å²) in [4.78, 5) is 50.3. The quantitative estimate of drug-likeness (QED) is 0.290. The van der Waals surface area contributed by atoms with Gasteiger partial charge in [-0.1, -0.05) is 48.5 Å². The molecule has 4 aliphatic rings. The van der Waals surface area contributed by atoms with E-state index in [-0.39, 0.29) is 24.7 Å². The number of anilines is 1. The van der Waals surface area contributed by atoms with Gasteiger partial charge in [-0.2, -0.15) is 0 Å². The van der Waals surface area contributed by atoms with Crippen LogP contribution in [-0.2, 0) is 24.1 Å². The predicted octanol–water partition coefficient (Wildman–Crippen LogP) is 4.81. The number of nitrogens with zero attached hydrogens (tertiary/aromatic N) is 1. The third-order valence-corrected chi connectivity index (χ3v) is 9.10. The van der Waals surface area contributed by atoms with Gasteiger partial charge in [0, 0.05) is 24.2 Å². The highest BCUT2D eigenvalue weighted by atomic mass is 35.5. The Morgan fingerprint density at radius 1 is 0.784 bits per heavy atom. The normalized spacial score (nSPS) is 26.9. The average molecular weight is 533 g/mol. The van der Waals surface area contributed by atoms with Crippen molar-refractivity contribution in [2.75, 3.05) is 11.9 Å². The van der Waals surface area contributed by atoms with Gasteiger partial charge in [0.2, 0.25) is 17.7 Å². The van der Waals surface area contributed by atoms with Crippen molar-refractivity contribution in [1.82, 2.24) is 4.90 Å². The Morgan fingerprint density at radius 3 is 1.62 bits per heavy atom. The van der Waals surface area contributed by atoms with E-state index < -0.39 is 33.4 Å². The number of Topliss-reactive ketones (excluding diaryl/α,β-unsaturated/α-hetero) is 1. The Labute approximate surface area is 223 Å². The van der Waals surface area contributed by atoms with E-state index in [2.05, 4.69) is 5.32 Å². The van der Waals surface area contributed by atoms with E-state index in [4.69, 9.17) is 23.2 Å². The summed E-state index contributed by atoms with van der Waals surface area (Å²) in [6, 6.07) is 21.4. The second-order valence-electron chi connectivity index (χ2n) is 9.73. The van der Waals surface area contributed by atoms with Gasteiger partial charge in [-0.25, -0.2) is 0 Å². The SMILES string of the molecule is CC(=O)c1ccc(NC(=O)CCN2C(=O)[C@H]3[C@H](C2=O)C2(Cl)c4ccccc4C3(Cl)c3ccccc32)cc1. The van der Waals surface area contributed by atoms with Crippen LogP contribution in [0.5, 0.6) is 0 Å². The van der Waals surface area contributed by atoms with Crippen LogP contribution in [0.4, 0.5) is 5.69 Å². The number of halogens is 2. The maximum absolute atomic E-state index is 13.8. The maximum atomic E-state index is 13.8. The first kappa shape index (κ1) is 23.9. The van der Waals surface area contributed by atoms with Crippen molar-refractivity contribution in [2.24, 2.45) is 11.8 Å². The minimum atomic E-state index is -1.24. The lowest BCUT2D eigenvalue weighted by Crippen LogP contribution is -2.57. The average Bonchev–Trinajstić information content (AvgIpc) is 3.16. The van der Waals surface area contributed by atoms with Gasteiger partial charge in [0.05, 0.1) is 11.8 Å². The van der Waals surface area contributed by atoms with Crippen LogP contribution in [0.2, 0.25) is 0 Å². The smallest absolute Gasteiger partial charge is 0.235 e. The number of carbonyl (C=O) groups is 4. The number of hydrogen-bond donors (Lipinski definition) is 1. The van der Waals surface area contributed by atoms with Crippen LogP contribution in [0.25, 0.3) is 0 Å². The summed E-state index contributed by atoms with van der Waals surface area (Å²) in [7, 11) is 0. The fourth-order valence-corrected chi connectivity index (χ4v) is 7.27. The molecule has 3 aromatic carbocycles. The van der Waals surface area contributed by atoms with E-state index in [0.29, 0.717) is 11.3 Å². The van der Waals surface area contributed by atoms with E-state index in [1.165, 1.54) is 6.92 Å². The first-order valence-corrected chi connectivity index (χ1v) is 12.8. The van der Waals surface area contributed by atoms with E-state index in [1.54, 1.807) is 24.3 Å². The largest absolute Gasteiger partial charge is 0.326 e. The zero-order valence-corrected chi connectivity index (χ0v) is 21.3. The van der Waals surface area contributed by atoms with Crippen LogP contribution in [0.15, 0.2) is 72.8 Å².